The van der Waals surface area contributed by atoms with E-state index in [0.717, 1.165) is 67.9 Å². The summed E-state index contributed by atoms with van der Waals surface area (Å²) >= 11 is 12.6. The zero-order chi connectivity index (χ0) is 19.3. The van der Waals surface area contributed by atoms with E-state index in [0.29, 0.717) is 16.7 Å². The van der Waals surface area contributed by atoms with Crippen molar-refractivity contribution in [3.63, 3.8) is 0 Å². The number of halogens is 2. The van der Waals surface area contributed by atoms with Gasteiger partial charge in [0.2, 0.25) is 0 Å². The highest BCUT2D eigenvalue weighted by Crippen LogP contribution is 2.32. The molecule has 1 saturated heterocycles. The molecule has 7 heteroatoms. The first-order chi connectivity index (χ1) is 13.7. The molecule has 1 fully saturated rings. The van der Waals surface area contributed by atoms with Crippen molar-refractivity contribution in [2.24, 2.45) is 0 Å². The van der Waals surface area contributed by atoms with Gasteiger partial charge >= 0.3 is 0 Å². The Hall–Kier alpha value is -1.95. The van der Waals surface area contributed by atoms with Gasteiger partial charge in [0.15, 0.2) is 0 Å². The number of anilines is 1. The second kappa shape index (κ2) is 9.03. The molecule has 1 aromatic heterocycles. The van der Waals surface area contributed by atoms with Gasteiger partial charge in [-0.2, -0.15) is 5.10 Å². The van der Waals surface area contributed by atoms with Gasteiger partial charge in [-0.05, 0) is 43.7 Å². The number of rotatable bonds is 6. The molecule has 148 valence electrons. The predicted octanol–water partition coefficient (Wildman–Crippen LogP) is 4.85. The topological polar surface area (TPSA) is 44.4 Å². The standard InChI is InChI=1S/C21H24Cl2N4O/c22-18-4-1-5-20(21(18)23)27-10-2-8-26(11-12-27)9-3-13-28-17-7-6-16-15-24-25-19(16)14-17/h1,4-7,14-15H,2-3,8-13H2,(H,24,25). The summed E-state index contributed by atoms with van der Waals surface area (Å²) in [5, 5.41) is 9.38. The molecule has 0 saturated carbocycles. The van der Waals surface area contributed by atoms with E-state index in [4.69, 9.17) is 27.9 Å². The molecule has 0 amide bonds. The van der Waals surface area contributed by atoms with E-state index in [1.807, 2.05) is 42.6 Å². The Morgan fingerprint density at radius 3 is 2.93 bits per heavy atom. The van der Waals surface area contributed by atoms with Crippen molar-refractivity contribution in [3.8, 4) is 5.75 Å². The third-order valence-corrected chi connectivity index (χ3v) is 5.97. The Morgan fingerprint density at radius 2 is 2.00 bits per heavy atom. The number of nitrogens with zero attached hydrogens (tertiary/aromatic N) is 3. The Labute approximate surface area is 175 Å². The van der Waals surface area contributed by atoms with Gasteiger partial charge in [-0.3, -0.25) is 5.10 Å². The molecule has 0 atom stereocenters. The molecule has 1 N–H and O–H groups in total. The maximum Gasteiger partial charge on any atom is 0.121 e. The van der Waals surface area contributed by atoms with Crippen molar-refractivity contribution in [1.29, 1.82) is 0 Å². The first kappa shape index (κ1) is 19.4. The summed E-state index contributed by atoms with van der Waals surface area (Å²) in [6.07, 6.45) is 3.93. The van der Waals surface area contributed by atoms with Crippen molar-refractivity contribution in [1.82, 2.24) is 15.1 Å². The van der Waals surface area contributed by atoms with Gasteiger partial charge in [-0.1, -0.05) is 29.3 Å². The van der Waals surface area contributed by atoms with Gasteiger partial charge in [0.05, 0.1) is 34.1 Å². The number of benzene rings is 2. The molecule has 1 aliphatic rings. The van der Waals surface area contributed by atoms with Crippen molar-refractivity contribution < 1.29 is 4.74 Å². The van der Waals surface area contributed by atoms with E-state index in [1.54, 1.807) is 0 Å². The SMILES string of the molecule is Clc1cccc(N2CCCN(CCCOc3ccc4cn[nH]c4c3)CC2)c1Cl. The third kappa shape index (κ3) is 4.54. The van der Waals surface area contributed by atoms with Crippen LogP contribution in [-0.4, -0.2) is 54.4 Å². The lowest BCUT2D eigenvalue weighted by atomic mass is 10.2. The molecule has 28 heavy (non-hydrogen) atoms. The number of fused-ring (bicyclic) bond motifs is 1. The molecule has 4 rings (SSSR count). The van der Waals surface area contributed by atoms with Gasteiger partial charge in [0.1, 0.15) is 5.75 Å². The lowest BCUT2D eigenvalue weighted by molar-refractivity contribution is 0.244. The summed E-state index contributed by atoms with van der Waals surface area (Å²) in [5.74, 6) is 0.884. The van der Waals surface area contributed by atoms with Gasteiger partial charge in [-0.25, -0.2) is 0 Å². The van der Waals surface area contributed by atoms with Gasteiger partial charge in [0.25, 0.3) is 0 Å². The summed E-state index contributed by atoms with van der Waals surface area (Å²) < 4.78 is 5.91. The number of aromatic amines is 1. The molecule has 5 nitrogen and oxygen atoms in total. The van der Waals surface area contributed by atoms with E-state index < -0.39 is 0 Å². The minimum absolute atomic E-state index is 0.616. The molecule has 0 unspecified atom stereocenters. The minimum atomic E-state index is 0.616. The highest BCUT2D eigenvalue weighted by molar-refractivity contribution is 6.43. The summed E-state index contributed by atoms with van der Waals surface area (Å²) in [6, 6.07) is 11.9. The largest absolute Gasteiger partial charge is 0.493 e. The quantitative estimate of drug-likeness (QED) is 0.580. The first-order valence-corrected chi connectivity index (χ1v) is 10.4. The second-order valence-electron chi connectivity index (χ2n) is 7.08. The van der Waals surface area contributed by atoms with Crippen molar-refractivity contribution in [2.45, 2.75) is 12.8 Å². The smallest absolute Gasteiger partial charge is 0.121 e. The van der Waals surface area contributed by atoms with Crippen LogP contribution in [0.25, 0.3) is 10.9 Å². The van der Waals surface area contributed by atoms with E-state index in [-0.39, 0.29) is 0 Å². The number of aromatic nitrogens is 2. The van der Waals surface area contributed by atoms with Crippen LogP contribution in [0.15, 0.2) is 42.6 Å². The van der Waals surface area contributed by atoms with Crippen LogP contribution in [0, 0.1) is 0 Å². The molecular weight excluding hydrogens is 395 g/mol. The minimum Gasteiger partial charge on any atom is -0.493 e. The molecule has 2 heterocycles. The Morgan fingerprint density at radius 1 is 1.07 bits per heavy atom. The Balaban J connectivity index is 1.24. The number of H-pyrrole nitrogens is 1. The number of ether oxygens (including phenoxy) is 1. The Kier molecular flexibility index (Phi) is 6.25. The van der Waals surface area contributed by atoms with E-state index in [1.165, 1.54) is 0 Å². The maximum atomic E-state index is 6.40. The van der Waals surface area contributed by atoms with Crippen LogP contribution < -0.4 is 9.64 Å². The summed E-state index contributed by atoms with van der Waals surface area (Å²) in [6.45, 7) is 5.80. The summed E-state index contributed by atoms with van der Waals surface area (Å²) in [7, 11) is 0. The Bertz CT molecular complexity index is 930. The normalized spacial score (nSPS) is 15.7. The summed E-state index contributed by atoms with van der Waals surface area (Å²) in [4.78, 5) is 4.84. The molecule has 3 aromatic rings. The van der Waals surface area contributed by atoms with Crippen LogP contribution in [0.5, 0.6) is 5.75 Å². The number of nitrogens with one attached hydrogen (secondary N) is 1. The highest BCUT2D eigenvalue weighted by atomic mass is 35.5. The molecule has 0 spiro atoms. The van der Waals surface area contributed by atoms with E-state index >= 15 is 0 Å². The lowest BCUT2D eigenvalue weighted by Crippen LogP contribution is -2.32. The fraction of sp³-hybridized carbons (Fsp3) is 0.381. The maximum absolute atomic E-state index is 6.40. The van der Waals surface area contributed by atoms with Gasteiger partial charge in [0, 0.05) is 37.6 Å². The van der Waals surface area contributed by atoms with Crippen LogP contribution in [0.1, 0.15) is 12.8 Å². The molecular formula is C21H24Cl2N4O. The number of hydrogen-bond acceptors (Lipinski definition) is 4. The molecule has 0 aliphatic carbocycles. The number of hydrogen-bond donors (Lipinski definition) is 1. The second-order valence-corrected chi connectivity index (χ2v) is 7.86. The fourth-order valence-corrected chi connectivity index (χ4v) is 4.07. The first-order valence-electron chi connectivity index (χ1n) is 9.68. The highest BCUT2D eigenvalue weighted by Gasteiger charge is 2.17. The zero-order valence-electron chi connectivity index (χ0n) is 15.7. The van der Waals surface area contributed by atoms with Gasteiger partial charge < -0.3 is 14.5 Å². The molecule has 0 bridgehead atoms. The fourth-order valence-electron chi connectivity index (χ4n) is 3.66. The average Bonchev–Trinajstić information content (AvgIpc) is 3.05. The van der Waals surface area contributed by atoms with Crippen molar-refractivity contribution >= 4 is 39.8 Å². The van der Waals surface area contributed by atoms with Gasteiger partial charge in [-0.15, -0.1) is 0 Å². The molecule has 2 aromatic carbocycles. The lowest BCUT2D eigenvalue weighted by Gasteiger charge is -2.25. The van der Waals surface area contributed by atoms with Crippen LogP contribution in [0.2, 0.25) is 10.0 Å². The summed E-state index contributed by atoms with van der Waals surface area (Å²) in [5.41, 5.74) is 2.04. The zero-order valence-corrected chi connectivity index (χ0v) is 17.2. The monoisotopic (exact) mass is 418 g/mol. The van der Waals surface area contributed by atoms with Crippen LogP contribution >= 0.6 is 23.2 Å². The third-order valence-electron chi connectivity index (χ3n) is 5.16. The predicted molar refractivity (Wildman–Crippen MR) is 116 cm³/mol. The van der Waals surface area contributed by atoms with E-state index in [9.17, 15) is 0 Å². The average molecular weight is 419 g/mol. The van der Waals surface area contributed by atoms with Crippen LogP contribution in [0.4, 0.5) is 5.69 Å². The van der Waals surface area contributed by atoms with Crippen LogP contribution in [0.3, 0.4) is 0 Å². The molecule has 1 aliphatic heterocycles. The van der Waals surface area contributed by atoms with Crippen LogP contribution in [-0.2, 0) is 0 Å². The van der Waals surface area contributed by atoms with Crippen molar-refractivity contribution in [3.05, 3.63) is 52.6 Å². The van der Waals surface area contributed by atoms with Crippen molar-refractivity contribution in [2.75, 3.05) is 44.2 Å². The molecule has 0 radical (unpaired) electrons. The van der Waals surface area contributed by atoms with E-state index in [2.05, 4.69) is 20.0 Å².